The molecule has 0 aromatic heterocycles. The lowest BCUT2D eigenvalue weighted by Gasteiger charge is -2.09. The highest BCUT2D eigenvalue weighted by atomic mass is 79.9. The Morgan fingerprint density at radius 2 is 1.95 bits per heavy atom. The van der Waals surface area contributed by atoms with E-state index in [0.29, 0.717) is 13.2 Å². The third kappa shape index (κ3) is 4.86. The van der Waals surface area contributed by atoms with E-state index in [2.05, 4.69) is 21.2 Å². The molecule has 0 bridgehead atoms. The molecule has 2 aromatic carbocycles. The van der Waals surface area contributed by atoms with Crippen molar-refractivity contribution in [3.63, 3.8) is 0 Å². The van der Waals surface area contributed by atoms with Crippen molar-refractivity contribution < 1.29 is 4.74 Å². The standard InChI is InChI=1S/C15H15BrClNO/c16-14-6-1-2-7-15(14)18-8-9-19-11-12-4-3-5-13(17)10-12/h1-7,10,18H,8-9,11H2. The van der Waals surface area contributed by atoms with E-state index < -0.39 is 0 Å². The third-order valence-corrected chi connectivity index (χ3v) is 3.52. The fourth-order valence-electron chi connectivity index (χ4n) is 1.68. The Balaban J connectivity index is 1.69. The highest BCUT2D eigenvalue weighted by Gasteiger charge is 1.97. The first kappa shape index (κ1) is 14.4. The second-order valence-electron chi connectivity index (χ2n) is 4.09. The van der Waals surface area contributed by atoms with Crippen LogP contribution < -0.4 is 5.32 Å². The summed E-state index contributed by atoms with van der Waals surface area (Å²) in [5, 5.41) is 4.06. The van der Waals surface area contributed by atoms with Gasteiger partial charge in [0, 0.05) is 21.7 Å². The molecule has 0 heterocycles. The van der Waals surface area contributed by atoms with Gasteiger partial charge in [-0.2, -0.15) is 0 Å². The van der Waals surface area contributed by atoms with Gasteiger partial charge in [0.25, 0.3) is 0 Å². The number of halogens is 2. The Labute approximate surface area is 126 Å². The third-order valence-electron chi connectivity index (χ3n) is 2.59. The van der Waals surface area contributed by atoms with Crippen LogP contribution in [0.4, 0.5) is 5.69 Å². The summed E-state index contributed by atoms with van der Waals surface area (Å²) < 4.78 is 6.66. The molecule has 0 aliphatic carbocycles. The summed E-state index contributed by atoms with van der Waals surface area (Å²) in [6, 6.07) is 15.7. The van der Waals surface area contributed by atoms with Gasteiger partial charge in [0.05, 0.1) is 13.2 Å². The minimum Gasteiger partial charge on any atom is -0.382 e. The second-order valence-corrected chi connectivity index (χ2v) is 5.38. The van der Waals surface area contributed by atoms with E-state index in [-0.39, 0.29) is 0 Å². The molecule has 0 aliphatic heterocycles. The Kier molecular flexibility index (Phi) is 5.70. The van der Waals surface area contributed by atoms with Gasteiger partial charge in [0.2, 0.25) is 0 Å². The molecule has 0 aliphatic rings. The number of hydrogen-bond donors (Lipinski definition) is 1. The molecule has 100 valence electrons. The van der Waals surface area contributed by atoms with Crippen LogP contribution in [-0.4, -0.2) is 13.2 Å². The molecule has 4 heteroatoms. The zero-order valence-electron chi connectivity index (χ0n) is 10.4. The Hall–Kier alpha value is -1.03. The van der Waals surface area contributed by atoms with Gasteiger partial charge in [-0.1, -0.05) is 35.9 Å². The molecule has 2 nitrogen and oxygen atoms in total. The predicted octanol–water partition coefficient (Wildman–Crippen LogP) is 4.73. The van der Waals surface area contributed by atoms with Crippen molar-refractivity contribution in [3.8, 4) is 0 Å². The van der Waals surface area contributed by atoms with E-state index in [9.17, 15) is 0 Å². The normalized spacial score (nSPS) is 10.4. The second kappa shape index (κ2) is 7.53. The topological polar surface area (TPSA) is 21.3 Å². The molecule has 0 spiro atoms. The molecule has 0 saturated carbocycles. The summed E-state index contributed by atoms with van der Waals surface area (Å²) in [6.07, 6.45) is 0. The SMILES string of the molecule is Clc1cccc(COCCNc2ccccc2Br)c1. The summed E-state index contributed by atoms with van der Waals surface area (Å²) in [5.41, 5.74) is 2.17. The van der Waals surface area contributed by atoms with E-state index in [0.717, 1.165) is 27.3 Å². The molecule has 0 atom stereocenters. The summed E-state index contributed by atoms with van der Waals surface area (Å²) >= 11 is 9.40. The van der Waals surface area contributed by atoms with E-state index in [4.69, 9.17) is 16.3 Å². The number of benzene rings is 2. The van der Waals surface area contributed by atoms with Crippen LogP contribution in [0.1, 0.15) is 5.56 Å². The maximum atomic E-state index is 5.91. The minimum absolute atomic E-state index is 0.582. The summed E-state index contributed by atoms with van der Waals surface area (Å²) in [6.45, 7) is 2.00. The summed E-state index contributed by atoms with van der Waals surface area (Å²) in [4.78, 5) is 0. The molecular formula is C15H15BrClNO. The smallest absolute Gasteiger partial charge is 0.0718 e. The van der Waals surface area contributed by atoms with Crippen LogP contribution in [0.15, 0.2) is 53.0 Å². The fraction of sp³-hybridized carbons (Fsp3) is 0.200. The first-order valence-electron chi connectivity index (χ1n) is 6.06. The van der Waals surface area contributed by atoms with E-state index in [1.54, 1.807) is 0 Å². The largest absolute Gasteiger partial charge is 0.382 e. The van der Waals surface area contributed by atoms with Crippen molar-refractivity contribution in [1.82, 2.24) is 0 Å². The summed E-state index contributed by atoms with van der Waals surface area (Å²) in [5.74, 6) is 0. The van der Waals surface area contributed by atoms with Gasteiger partial charge in [-0.05, 0) is 45.8 Å². The average molecular weight is 341 g/mol. The first-order valence-corrected chi connectivity index (χ1v) is 7.23. The van der Waals surface area contributed by atoms with Crippen molar-refractivity contribution in [2.24, 2.45) is 0 Å². The van der Waals surface area contributed by atoms with Crippen LogP contribution in [0.2, 0.25) is 5.02 Å². The van der Waals surface area contributed by atoms with Crippen LogP contribution in [0.3, 0.4) is 0 Å². The Morgan fingerprint density at radius 3 is 2.74 bits per heavy atom. The molecule has 19 heavy (non-hydrogen) atoms. The zero-order chi connectivity index (χ0) is 13.5. The van der Waals surface area contributed by atoms with Crippen molar-refractivity contribution in [2.75, 3.05) is 18.5 Å². The van der Waals surface area contributed by atoms with Gasteiger partial charge < -0.3 is 10.1 Å². The highest BCUT2D eigenvalue weighted by molar-refractivity contribution is 9.10. The number of rotatable bonds is 6. The van der Waals surface area contributed by atoms with Crippen molar-refractivity contribution in [2.45, 2.75) is 6.61 Å². The molecule has 2 rings (SSSR count). The quantitative estimate of drug-likeness (QED) is 0.768. The van der Waals surface area contributed by atoms with Crippen molar-refractivity contribution >= 4 is 33.2 Å². The molecule has 2 aromatic rings. The zero-order valence-corrected chi connectivity index (χ0v) is 12.7. The number of hydrogen-bond acceptors (Lipinski definition) is 2. The number of nitrogens with one attached hydrogen (secondary N) is 1. The number of para-hydroxylation sites is 1. The van der Waals surface area contributed by atoms with Gasteiger partial charge in [-0.15, -0.1) is 0 Å². The van der Waals surface area contributed by atoms with Gasteiger partial charge >= 0.3 is 0 Å². The van der Waals surface area contributed by atoms with Gasteiger partial charge in [-0.3, -0.25) is 0 Å². The predicted molar refractivity (Wildman–Crippen MR) is 83.7 cm³/mol. The lowest BCUT2D eigenvalue weighted by molar-refractivity contribution is 0.130. The maximum absolute atomic E-state index is 5.91. The van der Waals surface area contributed by atoms with Gasteiger partial charge in [-0.25, -0.2) is 0 Å². The van der Waals surface area contributed by atoms with Crippen LogP contribution in [0, 0.1) is 0 Å². The molecule has 0 unspecified atom stereocenters. The van der Waals surface area contributed by atoms with Gasteiger partial charge in [0.15, 0.2) is 0 Å². The molecule has 0 radical (unpaired) electrons. The lowest BCUT2D eigenvalue weighted by Crippen LogP contribution is -2.09. The van der Waals surface area contributed by atoms with Crippen LogP contribution >= 0.6 is 27.5 Å². The molecule has 0 fully saturated rings. The van der Waals surface area contributed by atoms with Crippen molar-refractivity contribution in [3.05, 3.63) is 63.6 Å². The minimum atomic E-state index is 0.582. The summed E-state index contributed by atoms with van der Waals surface area (Å²) in [7, 11) is 0. The molecular weight excluding hydrogens is 326 g/mol. The monoisotopic (exact) mass is 339 g/mol. The van der Waals surface area contributed by atoms with Crippen LogP contribution in [0.25, 0.3) is 0 Å². The van der Waals surface area contributed by atoms with E-state index >= 15 is 0 Å². The average Bonchev–Trinajstić information content (AvgIpc) is 2.40. The Bertz CT molecular complexity index is 533. The van der Waals surface area contributed by atoms with Crippen molar-refractivity contribution in [1.29, 1.82) is 0 Å². The van der Waals surface area contributed by atoms with E-state index in [1.165, 1.54) is 0 Å². The fourth-order valence-corrected chi connectivity index (χ4v) is 2.32. The first-order chi connectivity index (χ1) is 9.25. The Morgan fingerprint density at radius 1 is 1.11 bits per heavy atom. The molecule has 1 N–H and O–H groups in total. The lowest BCUT2D eigenvalue weighted by atomic mass is 10.2. The highest BCUT2D eigenvalue weighted by Crippen LogP contribution is 2.20. The van der Waals surface area contributed by atoms with Crippen LogP contribution in [-0.2, 0) is 11.3 Å². The molecule has 0 amide bonds. The molecule has 0 saturated heterocycles. The number of anilines is 1. The van der Waals surface area contributed by atoms with E-state index in [1.807, 2.05) is 48.5 Å². The maximum Gasteiger partial charge on any atom is 0.0718 e. The van der Waals surface area contributed by atoms with Crippen LogP contribution in [0.5, 0.6) is 0 Å². The number of ether oxygens (including phenoxy) is 1. The van der Waals surface area contributed by atoms with Gasteiger partial charge in [0.1, 0.15) is 0 Å².